The minimum atomic E-state index is -0.329. The molecule has 1 aliphatic carbocycles. The summed E-state index contributed by atoms with van der Waals surface area (Å²) in [6.45, 7) is 4.01. The van der Waals surface area contributed by atoms with Gasteiger partial charge in [0.25, 0.3) is 5.69 Å². The van der Waals surface area contributed by atoms with Crippen LogP contribution in [-0.4, -0.2) is 29.5 Å². The maximum atomic E-state index is 10.9. The van der Waals surface area contributed by atoms with E-state index in [9.17, 15) is 10.1 Å². The van der Waals surface area contributed by atoms with Gasteiger partial charge in [-0.2, -0.15) is 0 Å². The van der Waals surface area contributed by atoms with Crippen molar-refractivity contribution in [2.24, 2.45) is 0 Å². The van der Waals surface area contributed by atoms with Crippen LogP contribution in [0.2, 0.25) is 0 Å². The number of anilines is 1. The van der Waals surface area contributed by atoms with Gasteiger partial charge in [0.15, 0.2) is 0 Å². The summed E-state index contributed by atoms with van der Waals surface area (Å²) < 4.78 is 0. The summed E-state index contributed by atoms with van der Waals surface area (Å²) >= 11 is 0. The maximum Gasteiger partial charge on any atom is 0.269 e. The second-order valence-electron chi connectivity index (χ2n) is 5.05. The molecule has 0 amide bonds. The lowest BCUT2D eigenvalue weighted by Gasteiger charge is -2.22. The molecule has 0 aromatic heterocycles. The van der Waals surface area contributed by atoms with E-state index in [2.05, 4.69) is 17.1 Å². The number of benzene rings is 1. The zero-order valence-corrected chi connectivity index (χ0v) is 11.6. The predicted molar refractivity (Wildman–Crippen MR) is 76.4 cm³/mol. The lowest BCUT2D eigenvalue weighted by molar-refractivity contribution is -0.384. The van der Waals surface area contributed by atoms with Crippen LogP contribution in [0.25, 0.3) is 0 Å². The minimum absolute atomic E-state index is 0.168. The Morgan fingerprint density at radius 1 is 1.47 bits per heavy atom. The molecular formula is C14H21N3O2. The van der Waals surface area contributed by atoms with Gasteiger partial charge in [-0.1, -0.05) is 6.92 Å². The summed E-state index contributed by atoms with van der Waals surface area (Å²) in [5.41, 5.74) is 2.16. The predicted octanol–water partition coefficient (Wildman–Crippen LogP) is 3.01. The third-order valence-electron chi connectivity index (χ3n) is 3.52. The van der Waals surface area contributed by atoms with Crippen LogP contribution in [0.3, 0.4) is 0 Å². The smallest absolute Gasteiger partial charge is 0.269 e. The van der Waals surface area contributed by atoms with Gasteiger partial charge in [0.2, 0.25) is 0 Å². The van der Waals surface area contributed by atoms with E-state index in [0.29, 0.717) is 6.04 Å². The van der Waals surface area contributed by atoms with E-state index >= 15 is 0 Å². The summed E-state index contributed by atoms with van der Waals surface area (Å²) in [5, 5.41) is 14.0. The largest absolute Gasteiger partial charge is 0.388 e. The first-order valence-electron chi connectivity index (χ1n) is 6.84. The maximum absolute atomic E-state index is 10.9. The Balaban J connectivity index is 2.20. The molecule has 5 heteroatoms. The molecule has 0 atom stereocenters. The molecule has 0 unspecified atom stereocenters. The van der Waals surface area contributed by atoms with E-state index in [1.54, 1.807) is 18.2 Å². The van der Waals surface area contributed by atoms with Gasteiger partial charge < -0.3 is 5.32 Å². The Labute approximate surface area is 113 Å². The average molecular weight is 263 g/mol. The van der Waals surface area contributed by atoms with Crippen molar-refractivity contribution in [1.29, 1.82) is 0 Å². The van der Waals surface area contributed by atoms with Crippen LogP contribution in [0.15, 0.2) is 18.2 Å². The molecule has 104 valence electrons. The van der Waals surface area contributed by atoms with Crippen molar-refractivity contribution >= 4 is 11.4 Å². The van der Waals surface area contributed by atoms with E-state index in [1.165, 1.54) is 12.8 Å². The van der Waals surface area contributed by atoms with Crippen molar-refractivity contribution < 1.29 is 4.92 Å². The molecule has 1 N–H and O–H groups in total. The first-order chi connectivity index (χ1) is 9.15. The topological polar surface area (TPSA) is 58.4 Å². The Hall–Kier alpha value is -1.62. The molecule has 0 saturated heterocycles. The molecule has 0 bridgehead atoms. The zero-order valence-electron chi connectivity index (χ0n) is 11.6. The molecule has 5 nitrogen and oxygen atoms in total. The third-order valence-corrected chi connectivity index (χ3v) is 3.52. The molecule has 0 aliphatic heterocycles. The molecule has 19 heavy (non-hydrogen) atoms. The van der Waals surface area contributed by atoms with Gasteiger partial charge in [-0.3, -0.25) is 15.0 Å². The van der Waals surface area contributed by atoms with Crippen LogP contribution < -0.4 is 5.32 Å². The highest BCUT2D eigenvalue weighted by Crippen LogP contribution is 2.31. The second kappa shape index (κ2) is 6.02. The normalized spacial score (nSPS) is 14.7. The molecule has 2 rings (SSSR count). The molecule has 0 heterocycles. The van der Waals surface area contributed by atoms with Crippen LogP contribution in [0.1, 0.15) is 31.7 Å². The SMILES string of the molecule is CCCN(Cc1cc([N+](=O)[O-])ccc1NC)C1CC1. The average Bonchev–Trinajstić information content (AvgIpc) is 3.22. The standard InChI is InChI=1S/C14H21N3O2/c1-3-8-16(12-4-5-12)10-11-9-13(17(18)19)6-7-14(11)15-2/h6-7,9,12,15H,3-5,8,10H2,1-2H3. The van der Waals surface area contributed by atoms with Crippen LogP contribution in [0, 0.1) is 10.1 Å². The number of hydrogen-bond acceptors (Lipinski definition) is 4. The first kappa shape index (κ1) is 13.8. The van der Waals surface area contributed by atoms with Gasteiger partial charge >= 0.3 is 0 Å². The summed E-state index contributed by atoms with van der Waals surface area (Å²) in [6.07, 6.45) is 3.62. The molecular weight excluding hydrogens is 242 g/mol. The number of nitrogens with one attached hydrogen (secondary N) is 1. The molecule has 1 aromatic rings. The number of nitrogens with zero attached hydrogens (tertiary/aromatic N) is 2. The Bertz CT molecular complexity index is 458. The van der Waals surface area contributed by atoms with E-state index in [1.807, 2.05) is 7.05 Å². The highest BCUT2D eigenvalue weighted by Gasteiger charge is 2.28. The van der Waals surface area contributed by atoms with Crippen molar-refractivity contribution in [3.05, 3.63) is 33.9 Å². The van der Waals surface area contributed by atoms with Crippen molar-refractivity contribution in [2.45, 2.75) is 38.8 Å². The molecule has 1 saturated carbocycles. The van der Waals surface area contributed by atoms with Crippen molar-refractivity contribution in [3.63, 3.8) is 0 Å². The van der Waals surface area contributed by atoms with Crippen molar-refractivity contribution in [1.82, 2.24) is 4.90 Å². The fourth-order valence-corrected chi connectivity index (χ4v) is 2.40. The lowest BCUT2D eigenvalue weighted by Crippen LogP contribution is -2.26. The molecule has 0 radical (unpaired) electrons. The zero-order chi connectivity index (χ0) is 13.8. The summed E-state index contributed by atoms with van der Waals surface area (Å²) in [7, 11) is 1.85. The van der Waals surface area contributed by atoms with Gasteiger partial charge in [0, 0.05) is 37.5 Å². The Morgan fingerprint density at radius 3 is 2.74 bits per heavy atom. The van der Waals surface area contributed by atoms with Gasteiger partial charge in [0.1, 0.15) is 0 Å². The van der Waals surface area contributed by atoms with Gasteiger partial charge in [-0.05, 0) is 37.4 Å². The monoisotopic (exact) mass is 263 g/mol. The summed E-state index contributed by atoms with van der Waals surface area (Å²) in [6, 6.07) is 5.71. The van der Waals surface area contributed by atoms with Crippen LogP contribution in [-0.2, 0) is 6.54 Å². The van der Waals surface area contributed by atoms with Gasteiger partial charge in [0.05, 0.1) is 4.92 Å². The molecule has 1 fully saturated rings. The van der Waals surface area contributed by atoms with Gasteiger partial charge in [-0.25, -0.2) is 0 Å². The summed E-state index contributed by atoms with van der Waals surface area (Å²) in [5.74, 6) is 0. The number of non-ortho nitro benzene ring substituents is 1. The third kappa shape index (κ3) is 3.44. The van der Waals surface area contributed by atoms with Crippen LogP contribution in [0.4, 0.5) is 11.4 Å². The van der Waals surface area contributed by atoms with Crippen LogP contribution in [0.5, 0.6) is 0 Å². The minimum Gasteiger partial charge on any atom is -0.388 e. The summed E-state index contributed by atoms with van der Waals surface area (Å²) in [4.78, 5) is 13.0. The highest BCUT2D eigenvalue weighted by atomic mass is 16.6. The van der Waals surface area contributed by atoms with Crippen molar-refractivity contribution in [3.8, 4) is 0 Å². The fraction of sp³-hybridized carbons (Fsp3) is 0.571. The second-order valence-corrected chi connectivity index (χ2v) is 5.05. The van der Waals surface area contributed by atoms with Gasteiger partial charge in [-0.15, -0.1) is 0 Å². The quantitative estimate of drug-likeness (QED) is 0.607. The highest BCUT2D eigenvalue weighted by molar-refractivity contribution is 5.55. The first-order valence-corrected chi connectivity index (χ1v) is 6.84. The Morgan fingerprint density at radius 2 is 2.21 bits per heavy atom. The molecule has 1 aliphatic rings. The molecule has 1 aromatic carbocycles. The van der Waals surface area contributed by atoms with E-state index in [-0.39, 0.29) is 10.6 Å². The van der Waals surface area contributed by atoms with E-state index < -0.39 is 0 Å². The number of rotatable bonds is 7. The lowest BCUT2D eigenvalue weighted by atomic mass is 10.1. The van der Waals surface area contributed by atoms with Crippen LogP contribution >= 0.6 is 0 Å². The Kier molecular flexibility index (Phi) is 4.37. The number of nitro benzene ring substituents is 1. The van der Waals surface area contributed by atoms with E-state index in [4.69, 9.17) is 0 Å². The van der Waals surface area contributed by atoms with Crippen molar-refractivity contribution in [2.75, 3.05) is 18.9 Å². The fourth-order valence-electron chi connectivity index (χ4n) is 2.40. The number of hydrogen-bond donors (Lipinski definition) is 1. The van der Waals surface area contributed by atoms with E-state index in [0.717, 1.165) is 30.8 Å². The molecule has 0 spiro atoms. The number of nitro groups is 1.